The number of morpholine rings is 1. The van der Waals surface area contributed by atoms with Crippen molar-refractivity contribution < 1.29 is 4.74 Å². The summed E-state index contributed by atoms with van der Waals surface area (Å²) in [5.41, 5.74) is 1.23. The van der Waals surface area contributed by atoms with E-state index in [0.717, 1.165) is 30.5 Å². The smallest absolute Gasteiger partial charge is 0.205 e. The van der Waals surface area contributed by atoms with Crippen molar-refractivity contribution in [3.8, 4) is 0 Å². The van der Waals surface area contributed by atoms with E-state index in [1.807, 2.05) is 6.07 Å². The van der Waals surface area contributed by atoms with E-state index in [1.165, 1.54) is 17.1 Å². The van der Waals surface area contributed by atoms with Crippen LogP contribution in [0.2, 0.25) is 0 Å². The van der Waals surface area contributed by atoms with Gasteiger partial charge in [0, 0.05) is 18.0 Å². The summed E-state index contributed by atoms with van der Waals surface area (Å²) in [5.74, 6) is 0.931. The molecule has 2 atom stereocenters. The molecular formula is C15H19N3OS. The minimum Gasteiger partial charge on any atom is -0.370 e. The largest absolute Gasteiger partial charge is 0.370 e. The summed E-state index contributed by atoms with van der Waals surface area (Å²) >= 11 is 1.49. The molecule has 1 aliphatic rings. The molecule has 3 rings (SSSR count). The second-order valence-electron chi connectivity index (χ2n) is 5.08. The summed E-state index contributed by atoms with van der Waals surface area (Å²) in [4.78, 5) is 6.93. The number of aryl methyl sites for hydroxylation is 1. The van der Waals surface area contributed by atoms with Crippen LogP contribution in [-0.2, 0) is 11.2 Å². The van der Waals surface area contributed by atoms with Crippen LogP contribution in [0, 0.1) is 0 Å². The zero-order valence-corrected chi connectivity index (χ0v) is 12.6. The Morgan fingerprint density at radius 3 is 2.85 bits per heavy atom. The van der Waals surface area contributed by atoms with E-state index in [1.54, 1.807) is 0 Å². The Kier molecular flexibility index (Phi) is 3.98. The minimum atomic E-state index is 0.112. The molecule has 1 aromatic heterocycles. The Morgan fingerprint density at radius 1 is 1.35 bits per heavy atom. The van der Waals surface area contributed by atoms with Gasteiger partial charge in [-0.2, -0.15) is 4.37 Å². The van der Waals surface area contributed by atoms with Crippen LogP contribution >= 0.6 is 11.5 Å². The van der Waals surface area contributed by atoms with Crippen molar-refractivity contribution in [1.82, 2.24) is 9.36 Å². The maximum absolute atomic E-state index is 5.98. The third kappa shape index (κ3) is 2.69. The van der Waals surface area contributed by atoms with E-state index in [9.17, 15) is 0 Å². The second-order valence-corrected chi connectivity index (χ2v) is 5.81. The average Bonchev–Trinajstić information content (AvgIpc) is 2.97. The first-order valence-electron chi connectivity index (χ1n) is 7.03. The maximum atomic E-state index is 5.98. The standard InChI is InChI=1S/C15H19N3OS/c1-3-14-16-15(20-17-14)18-9-13(19-10-11(18)2)12-7-5-4-6-8-12/h4-8,11,13H,3,9-10H2,1-2H3. The lowest BCUT2D eigenvalue weighted by molar-refractivity contribution is 0.0215. The Hall–Kier alpha value is -1.46. The van der Waals surface area contributed by atoms with Crippen LogP contribution in [0.3, 0.4) is 0 Å². The van der Waals surface area contributed by atoms with Crippen LogP contribution in [0.5, 0.6) is 0 Å². The summed E-state index contributed by atoms with van der Waals surface area (Å²) in [7, 11) is 0. The fourth-order valence-corrected chi connectivity index (χ4v) is 3.26. The lowest BCUT2D eigenvalue weighted by Gasteiger charge is -2.37. The topological polar surface area (TPSA) is 38.2 Å². The summed E-state index contributed by atoms with van der Waals surface area (Å²) in [6, 6.07) is 10.7. The lowest BCUT2D eigenvalue weighted by Crippen LogP contribution is -2.45. The van der Waals surface area contributed by atoms with Crippen molar-refractivity contribution in [2.24, 2.45) is 0 Å². The van der Waals surface area contributed by atoms with Gasteiger partial charge in [0.05, 0.1) is 19.2 Å². The predicted octanol–water partition coefficient (Wildman–Crippen LogP) is 3.07. The molecule has 2 heterocycles. The van der Waals surface area contributed by atoms with Gasteiger partial charge in [0.25, 0.3) is 0 Å². The van der Waals surface area contributed by atoms with E-state index in [2.05, 4.69) is 52.4 Å². The molecule has 2 unspecified atom stereocenters. The Morgan fingerprint density at radius 2 is 2.15 bits per heavy atom. The van der Waals surface area contributed by atoms with Crippen molar-refractivity contribution >= 4 is 16.7 Å². The molecule has 1 saturated heterocycles. The van der Waals surface area contributed by atoms with Gasteiger partial charge in [0.1, 0.15) is 11.9 Å². The van der Waals surface area contributed by atoms with Gasteiger partial charge in [-0.25, -0.2) is 4.98 Å². The van der Waals surface area contributed by atoms with E-state index in [0.29, 0.717) is 6.04 Å². The molecule has 0 amide bonds. The van der Waals surface area contributed by atoms with Crippen LogP contribution in [0.4, 0.5) is 5.13 Å². The van der Waals surface area contributed by atoms with Gasteiger partial charge in [-0.05, 0) is 12.5 Å². The SMILES string of the molecule is CCc1nsc(N2CC(c3ccccc3)OCC2C)n1. The Balaban J connectivity index is 1.80. The molecule has 0 bridgehead atoms. The van der Waals surface area contributed by atoms with Crippen molar-refractivity contribution in [3.05, 3.63) is 41.7 Å². The van der Waals surface area contributed by atoms with E-state index in [4.69, 9.17) is 4.74 Å². The average molecular weight is 289 g/mol. The summed E-state index contributed by atoms with van der Waals surface area (Å²) < 4.78 is 10.4. The van der Waals surface area contributed by atoms with Crippen molar-refractivity contribution in [2.45, 2.75) is 32.4 Å². The highest BCUT2D eigenvalue weighted by molar-refractivity contribution is 7.09. The normalized spacial score (nSPS) is 23.0. The molecule has 106 valence electrons. The second kappa shape index (κ2) is 5.89. The molecule has 1 fully saturated rings. The predicted molar refractivity (Wildman–Crippen MR) is 81.2 cm³/mol. The zero-order valence-electron chi connectivity index (χ0n) is 11.8. The van der Waals surface area contributed by atoms with Gasteiger partial charge < -0.3 is 9.64 Å². The van der Waals surface area contributed by atoms with Crippen molar-refractivity contribution in [2.75, 3.05) is 18.1 Å². The molecule has 5 heteroatoms. The molecule has 1 aromatic carbocycles. The molecule has 4 nitrogen and oxygen atoms in total. The van der Waals surface area contributed by atoms with Crippen molar-refractivity contribution in [1.29, 1.82) is 0 Å². The van der Waals surface area contributed by atoms with E-state index >= 15 is 0 Å². The summed E-state index contributed by atoms with van der Waals surface area (Å²) in [5, 5.41) is 1.01. The van der Waals surface area contributed by atoms with E-state index in [-0.39, 0.29) is 6.10 Å². The molecule has 0 saturated carbocycles. The molecular weight excluding hydrogens is 270 g/mol. The quantitative estimate of drug-likeness (QED) is 0.870. The zero-order chi connectivity index (χ0) is 13.9. The number of aromatic nitrogens is 2. The fraction of sp³-hybridized carbons (Fsp3) is 0.467. The van der Waals surface area contributed by atoms with Gasteiger partial charge in [-0.15, -0.1) is 0 Å². The minimum absolute atomic E-state index is 0.112. The third-order valence-corrected chi connectivity index (χ3v) is 4.41. The van der Waals surface area contributed by atoms with Crippen LogP contribution < -0.4 is 4.90 Å². The summed E-state index contributed by atoms with van der Waals surface area (Å²) in [6.45, 7) is 5.82. The molecule has 0 N–H and O–H groups in total. The van der Waals surface area contributed by atoms with Crippen LogP contribution in [0.25, 0.3) is 0 Å². The maximum Gasteiger partial charge on any atom is 0.205 e. The number of ether oxygens (including phenoxy) is 1. The van der Waals surface area contributed by atoms with Crippen LogP contribution in [0.1, 0.15) is 31.3 Å². The fourth-order valence-electron chi connectivity index (χ4n) is 2.40. The van der Waals surface area contributed by atoms with Crippen LogP contribution in [0.15, 0.2) is 30.3 Å². The van der Waals surface area contributed by atoms with Gasteiger partial charge >= 0.3 is 0 Å². The number of rotatable bonds is 3. The molecule has 0 spiro atoms. The lowest BCUT2D eigenvalue weighted by atomic mass is 10.1. The van der Waals surface area contributed by atoms with E-state index < -0.39 is 0 Å². The molecule has 2 aromatic rings. The number of anilines is 1. The number of benzene rings is 1. The number of hydrogen-bond donors (Lipinski definition) is 0. The number of hydrogen-bond acceptors (Lipinski definition) is 5. The third-order valence-electron chi connectivity index (χ3n) is 3.62. The van der Waals surface area contributed by atoms with Crippen molar-refractivity contribution in [3.63, 3.8) is 0 Å². The molecule has 0 aliphatic carbocycles. The van der Waals surface area contributed by atoms with Gasteiger partial charge in [-0.1, -0.05) is 37.3 Å². The summed E-state index contributed by atoms with van der Waals surface area (Å²) in [6.07, 6.45) is 0.999. The highest BCUT2D eigenvalue weighted by Crippen LogP contribution is 2.29. The van der Waals surface area contributed by atoms with Crippen LogP contribution in [-0.4, -0.2) is 28.6 Å². The number of nitrogens with zero attached hydrogens (tertiary/aromatic N) is 3. The Labute approximate surface area is 123 Å². The first kappa shape index (κ1) is 13.5. The van der Waals surface area contributed by atoms with Gasteiger partial charge in [0.2, 0.25) is 5.13 Å². The van der Waals surface area contributed by atoms with Gasteiger partial charge in [-0.3, -0.25) is 0 Å². The Bertz CT molecular complexity index is 557. The highest BCUT2D eigenvalue weighted by atomic mass is 32.1. The highest BCUT2D eigenvalue weighted by Gasteiger charge is 2.29. The molecule has 1 aliphatic heterocycles. The van der Waals surface area contributed by atoms with Gasteiger partial charge in [0.15, 0.2) is 0 Å². The molecule has 0 radical (unpaired) electrons. The first-order valence-corrected chi connectivity index (χ1v) is 7.81. The first-order chi connectivity index (χ1) is 9.78. The monoisotopic (exact) mass is 289 g/mol. The molecule has 20 heavy (non-hydrogen) atoms.